The van der Waals surface area contributed by atoms with Gasteiger partial charge in [0.15, 0.2) is 13.1 Å². The van der Waals surface area contributed by atoms with E-state index in [2.05, 4.69) is 5.32 Å². The molecule has 0 fully saturated rings. The summed E-state index contributed by atoms with van der Waals surface area (Å²) in [6.45, 7) is 5.08. The van der Waals surface area contributed by atoms with Crippen molar-refractivity contribution < 1.29 is 28.7 Å². The lowest BCUT2D eigenvalue weighted by Gasteiger charge is -2.40. The van der Waals surface area contributed by atoms with Gasteiger partial charge in [-0.3, -0.25) is 25.0 Å². The first-order valence-corrected chi connectivity index (χ1v) is 14.1. The number of carbonyl (C=O) groups excluding carboxylic acids is 2. The molecule has 9 nitrogen and oxygen atoms in total. The number of nitrogens with zero attached hydrogens (tertiary/aromatic N) is 1. The number of hydrogen-bond donors (Lipinski definition) is 1. The van der Waals surface area contributed by atoms with E-state index < -0.39 is 28.1 Å². The number of esters is 1. The van der Waals surface area contributed by atoms with E-state index in [1.807, 2.05) is 91.0 Å². The third-order valence-electron chi connectivity index (χ3n) is 6.99. The predicted octanol–water partition coefficient (Wildman–Crippen LogP) is 6.22. The molecule has 0 aliphatic rings. The maximum atomic E-state index is 14.0. The Hall–Kier alpha value is -4.86. The standard InChI is InChI=1S/C35H36N2O7/c1-34(2,3)44-33(39)30(21-25-20-26(23-38)32(43-24-42-4)22-31(25)37(40)41)36-35(27-14-8-5-9-15-27,28-16-10-6-11-17-28)29-18-12-7-13-19-29/h5-20,22-23,30,36H,21,24H2,1-4H3/t30-/m0/s1. The maximum absolute atomic E-state index is 14.0. The summed E-state index contributed by atoms with van der Waals surface area (Å²) in [5.74, 6) is -0.599. The fourth-order valence-electron chi connectivity index (χ4n) is 5.17. The van der Waals surface area contributed by atoms with Crippen LogP contribution in [0.25, 0.3) is 0 Å². The summed E-state index contributed by atoms with van der Waals surface area (Å²) in [5.41, 5.74) is 0.562. The molecule has 9 heteroatoms. The van der Waals surface area contributed by atoms with Gasteiger partial charge in [0, 0.05) is 19.1 Å². The number of aldehydes is 1. The van der Waals surface area contributed by atoms with Crippen LogP contribution >= 0.6 is 0 Å². The Kier molecular flexibility index (Phi) is 10.3. The first-order valence-electron chi connectivity index (χ1n) is 14.1. The molecule has 0 unspecified atom stereocenters. The summed E-state index contributed by atoms with van der Waals surface area (Å²) < 4.78 is 16.2. The van der Waals surface area contributed by atoms with Gasteiger partial charge in [0.05, 0.1) is 22.1 Å². The minimum absolute atomic E-state index is 0.00582. The summed E-state index contributed by atoms with van der Waals surface area (Å²) >= 11 is 0. The van der Waals surface area contributed by atoms with E-state index in [1.54, 1.807) is 20.8 Å². The highest BCUT2D eigenvalue weighted by atomic mass is 16.7. The average molecular weight is 597 g/mol. The number of carbonyl (C=O) groups is 2. The second-order valence-electron chi connectivity index (χ2n) is 11.2. The van der Waals surface area contributed by atoms with E-state index in [0.717, 1.165) is 16.7 Å². The number of hydrogen-bond acceptors (Lipinski definition) is 8. The number of nitrogens with one attached hydrogen (secondary N) is 1. The number of nitro benzene ring substituents is 1. The lowest BCUT2D eigenvalue weighted by atomic mass is 9.76. The Bertz CT molecular complexity index is 1470. The first kappa shape index (κ1) is 32.1. The van der Waals surface area contributed by atoms with E-state index in [9.17, 15) is 19.7 Å². The van der Waals surface area contributed by atoms with Crippen LogP contribution in [0.1, 0.15) is 53.4 Å². The molecule has 0 aliphatic carbocycles. The molecule has 0 saturated heterocycles. The van der Waals surface area contributed by atoms with E-state index >= 15 is 0 Å². The molecule has 44 heavy (non-hydrogen) atoms. The van der Waals surface area contributed by atoms with Gasteiger partial charge in [-0.15, -0.1) is 0 Å². The van der Waals surface area contributed by atoms with Gasteiger partial charge < -0.3 is 14.2 Å². The van der Waals surface area contributed by atoms with E-state index in [4.69, 9.17) is 14.2 Å². The van der Waals surface area contributed by atoms with Gasteiger partial charge in [-0.2, -0.15) is 0 Å². The molecule has 1 atom stereocenters. The number of benzene rings is 4. The zero-order chi connectivity index (χ0) is 31.7. The monoisotopic (exact) mass is 596 g/mol. The Morgan fingerprint density at radius 2 is 1.39 bits per heavy atom. The van der Waals surface area contributed by atoms with Crippen LogP contribution in [0.4, 0.5) is 5.69 Å². The molecule has 4 rings (SSSR count). The minimum atomic E-state index is -1.10. The summed E-state index contributed by atoms with van der Waals surface area (Å²) in [4.78, 5) is 37.7. The number of nitro groups is 1. The van der Waals surface area contributed by atoms with Crippen molar-refractivity contribution in [1.82, 2.24) is 5.32 Å². The SMILES string of the molecule is COCOc1cc([N+](=O)[O-])c(C[C@H](NC(c2ccccc2)(c2ccccc2)c2ccccc2)C(=O)OC(C)(C)C)cc1C=O. The fraction of sp³-hybridized carbons (Fsp3) is 0.257. The van der Waals surface area contributed by atoms with Crippen molar-refractivity contribution in [2.75, 3.05) is 13.9 Å². The third-order valence-corrected chi connectivity index (χ3v) is 6.99. The molecule has 4 aromatic rings. The Balaban J connectivity index is 1.94. The van der Waals surface area contributed by atoms with Crippen molar-refractivity contribution in [3.05, 3.63) is 141 Å². The molecule has 1 N–H and O–H groups in total. The van der Waals surface area contributed by atoms with Crippen molar-refractivity contribution >= 4 is 17.9 Å². The van der Waals surface area contributed by atoms with Gasteiger partial charge in [0.2, 0.25) is 0 Å². The van der Waals surface area contributed by atoms with E-state index in [-0.39, 0.29) is 35.8 Å². The normalized spacial score (nSPS) is 12.3. The minimum Gasteiger partial charge on any atom is -0.467 e. The molecule has 0 aliphatic heterocycles. The van der Waals surface area contributed by atoms with Gasteiger partial charge in [0.25, 0.3) is 5.69 Å². The third kappa shape index (κ3) is 7.37. The summed E-state index contributed by atoms with van der Waals surface area (Å²) in [5, 5.41) is 15.9. The van der Waals surface area contributed by atoms with Crippen molar-refractivity contribution in [2.45, 2.75) is 44.4 Å². The van der Waals surface area contributed by atoms with Crippen molar-refractivity contribution in [2.24, 2.45) is 0 Å². The molecule has 4 aromatic carbocycles. The lowest BCUT2D eigenvalue weighted by Crippen LogP contribution is -2.54. The van der Waals surface area contributed by atoms with Crippen LogP contribution < -0.4 is 10.1 Å². The molecule has 0 bridgehead atoms. The second-order valence-corrected chi connectivity index (χ2v) is 11.2. The van der Waals surface area contributed by atoms with Gasteiger partial charge >= 0.3 is 5.97 Å². The van der Waals surface area contributed by atoms with Crippen LogP contribution in [0, 0.1) is 10.1 Å². The average Bonchev–Trinajstić information content (AvgIpc) is 3.02. The van der Waals surface area contributed by atoms with Gasteiger partial charge in [-0.1, -0.05) is 91.0 Å². The van der Waals surface area contributed by atoms with Crippen molar-refractivity contribution in [3.8, 4) is 5.75 Å². The lowest BCUT2D eigenvalue weighted by molar-refractivity contribution is -0.385. The molecule has 0 heterocycles. The smallest absolute Gasteiger partial charge is 0.324 e. The molecule has 0 amide bonds. The van der Waals surface area contributed by atoms with Crippen LogP contribution in [-0.4, -0.2) is 42.7 Å². The second kappa shape index (κ2) is 14.1. The van der Waals surface area contributed by atoms with Crippen LogP contribution in [0.2, 0.25) is 0 Å². The van der Waals surface area contributed by atoms with Gasteiger partial charge in [-0.25, -0.2) is 0 Å². The number of ether oxygens (including phenoxy) is 3. The maximum Gasteiger partial charge on any atom is 0.324 e. The molecular formula is C35H36N2O7. The fourth-order valence-corrected chi connectivity index (χ4v) is 5.17. The molecule has 0 spiro atoms. The zero-order valence-electron chi connectivity index (χ0n) is 25.2. The highest BCUT2D eigenvalue weighted by molar-refractivity contribution is 5.82. The van der Waals surface area contributed by atoms with Crippen LogP contribution in [0.5, 0.6) is 5.75 Å². The Labute approximate surface area is 256 Å². The Morgan fingerprint density at radius 3 is 1.80 bits per heavy atom. The van der Waals surface area contributed by atoms with Crippen molar-refractivity contribution in [3.63, 3.8) is 0 Å². The van der Waals surface area contributed by atoms with Crippen molar-refractivity contribution in [1.29, 1.82) is 0 Å². The molecule has 0 saturated carbocycles. The van der Waals surface area contributed by atoms with Crippen LogP contribution in [0.15, 0.2) is 103 Å². The number of rotatable bonds is 13. The zero-order valence-corrected chi connectivity index (χ0v) is 25.2. The molecule has 228 valence electrons. The summed E-state index contributed by atoms with van der Waals surface area (Å²) in [6.07, 6.45) is 0.390. The summed E-state index contributed by atoms with van der Waals surface area (Å²) in [6, 6.07) is 30.5. The quantitative estimate of drug-likeness (QED) is 0.0483. The van der Waals surface area contributed by atoms with E-state index in [1.165, 1.54) is 19.2 Å². The highest BCUT2D eigenvalue weighted by Crippen LogP contribution is 2.38. The summed E-state index contributed by atoms with van der Waals surface area (Å²) in [7, 11) is 1.40. The topological polar surface area (TPSA) is 117 Å². The van der Waals surface area contributed by atoms with Crippen LogP contribution in [0.3, 0.4) is 0 Å². The molecule has 0 aromatic heterocycles. The highest BCUT2D eigenvalue weighted by Gasteiger charge is 2.41. The largest absolute Gasteiger partial charge is 0.467 e. The van der Waals surface area contributed by atoms with Gasteiger partial charge in [0.1, 0.15) is 17.4 Å². The first-order chi connectivity index (χ1) is 21.1. The van der Waals surface area contributed by atoms with E-state index in [0.29, 0.717) is 6.29 Å². The Morgan fingerprint density at radius 1 is 0.886 bits per heavy atom. The van der Waals surface area contributed by atoms with Crippen LogP contribution in [-0.2, 0) is 26.2 Å². The predicted molar refractivity (Wildman–Crippen MR) is 167 cm³/mol. The number of methoxy groups -OCH3 is 1. The molecular weight excluding hydrogens is 560 g/mol. The van der Waals surface area contributed by atoms with Gasteiger partial charge in [-0.05, 0) is 43.5 Å². The molecule has 0 radical (unpaired) electrons.